The van der Waals surface area contributed by atoms with Crippen molar-refractivity contribution in [1.82, 2.24) is 4.98 Å². The Bertz CT molecular complexity index is 577. The van der Waals surface area contributed by atoms with Crippen LogP contribution in [0.4, 0.5) is 5.13 Å². The molecule has 2 aromatic rings. The lowest BCUT2D eigenvalue weighted by Gasteiger charge is -2.18. The van der Waals surface area contributed by atoms with E-state index in [1.54, 1.807) is 11.3 Å². The third-order valence-electron chi connectivity index (χ3n) is 3.93. The Kier molecular flexibility index (Phi) is 3.76. The van der Waals surface area contributed by atoms with Crippen LogP contribution in [-0.4, -0.2) is 18.1 Å². The normalized spacial score (nSPS) is 16.6. The smallest absolute Gasteiger partial charge is 0.185 e. The SMILES string of the molecule is Cc1nc(N2CCc3ccccc3CC2)sc1C(C)N. The van der Waals surface area contributed by atoms with Crippen molar-refractivity contribution >= 4 is 16.5 Å². The number of rotatable bonds is 2. The fourth-order valence-electron chi connectivity index (χ4n) is 2.81. The number of anilines is 1. The highest BCUT2D eigenvalue weighted by Gasteiger charge is 2.19. The summed E-state index contributed by atoms with van der Waals surface area (Å²) in [5.41, 5.74) is 10.1. The van der Waals surface area contributed by atoms with Crippen molar-refractivity contribution in [2.24, 2.45) is 5.73 Å². The molecule has 1 atom stereocenters. The van der Waals surface area contributed by atoms with Crippen LogP contribution in [0.3, 0.4) is 0 Å². The average molecular weight is 287 g/mol. The van der Waals surface area contributed by atoms with E-state index in [4.69, 9.17) is 10.7 Å². The molecule has 4 heteroatoms. The van der Waals surface area contributed by atoms with Gasteiger partial charge in [-0.1, -0.05) is 24.3 Å². The third kappa shape index (κ3) is 2.58. The molecule has 0 saturated heterocycles. The number of benzene rings is 1. The van der Waals surface area contributed by atoms with Gasteiger partial charge in [-0.3, -0.25) is 0 Å². The van der Waals surface area contributed by atoms with Gasteiger partial charge >= 0.3 is 0 Å². The van der Waals surface area contributed by atoms with Crippen molar-refractivity contribution in [2.75, 3.05) is 18.0 Å². The summed E-state index contributed by atoms with van der Waals surface area (Å²) in [4.78, 5) is 8.34. The van der Waals surface area contributed by atoms with Crippen molar-refractivity contribution in [2.45, 2.75) is 32.7 Å². The zero-order chi connectivity index (χ0) is 14.1. The Morgan fingerprint density at radius 3 is 2.30 bits per heavy atom. The van der Waals surface area contributed by atoms with Gasteiger partial charge in [0.05, 0.1) is 5.69 Å². The highest BCUT2D eigenvalue weighted by atomic mass is 32.1. The van der Waals surface area contributed by atoms with Crippen molar-refractivity contribution in [1.29, 1.82) is 0 Å². The average Bonchev–Trinajstić information content (AvgIpc) is 2.70. The number of nitrogens with zero attached hydrogens (tertiary/aromatic N) is 2. The van der Waals surface area contributed by atoms with E-state index in [0.29, 0.717) is 0 Å². The lowest BCUT2D eigenvalue weighted by atomic mass is 10.0. The Balaban J connectivity index is 1.82. The molecular weight excluding hydrogens is 266 g/mol. The van der Waals surface area contributed by atoms with E-state index >= 15 is 0 Å². The van der Waals surface area contributed by atoms with Crippen LogP contribution in [0.25, 0.3) is 0 Å². The molecule has 1 unspecified atom stereocenters. The number of aryl methyl sites for hydroxylation is 1. The zero-order valence-electron chi connectivity index (χ0n) is 12.1. The number of aromatic nitrogens is 1. The van der Waals surface area contributed by atoms with Crippen LogP contribution < -0.4 is 10.6 Å². The quantitative estimate of drug-likeness (QED) is 0.923. The number of thiazole rings is 1. The van der Waals surface area contributed by atoms with Crippen molar-refractivity contribution in [3.63, 3.8) is 0 Å². The number of hydrogen-bond donors (Lipinski definition) is 1. The van der Waals surface area contributed by atoms with E-state index in [9.17, 15) is 0 Å². The molecule has 0 radical (unpaired) electrons. The van der Waals surface area contributed by atoms with E-state index in [1.807, 2.05) is 6.92 Å². The molecule has 0 saturated carbocycles. The van der Waals surface area contributed by atoms with Gasteiger partial charge in [0.25, 0.3) is 0 Å². The fourth-order valence-corrected chi connectivity index (χ4v) is 3.88. The van der Waals surface area contributed by atoms with Gasteiger partial charge in [0, 0.05) is 24.0 Å². The predicted octanol–water partition coefficient (Wildman–Crippen LogP) is 3.08. The molecule has 106 valence electrons. The summed E-state index contributed by atoms with van der Waals surface area (Å²) in [7, 11) is 0. The van der Waals surface area contributed by atoms with Crippen LogP contribution in [0, 0.1) is 6.92 Å². The first-order valence-electron chi connectivity index (χ1n) is 7.20. The highest BCUT2D eigenvalue weighted by Crippen LogP contribution is 2.31. The lowest BCUT2D eigenvalue weighted by molar-refractivity contribution is 0.797. The molecule has 1 aromatic heterocycles. The maximum Gasteiger partial charge on any atom is 0.185 e. The van der Waals surface area contributed by atoms with Gasteiger partial charge in [-0.2, -0.15) is 0 Å². The van der Waals surface area contributed by atoms with Crippen LogP contribution in [0.2, 0.25) is 0 Å². The van der Waals surface area contributed by atoms with Crippen LogP contribution in [-0.2, 0) is 12.8 Å². The van der Waals surface area contributed by atoms with Crippen LogP contribution in [0.15, 0.2) is 24.3 Å². The molecule has 0 aliphatic carbocycles. The van der Waals surface area contributed by atoms with E-state index < -0.39 is 0 Å². The minimum Gasteiger partial charge on any atom is -0.347 e. The molecule has 1 aliphatic rings. The second-order valence-corrected chi connectivity index (χ2v) is 6.50. The molecule has 3 rings (SSSR count). The molecular formula is C16H21N3S. The molecule has 2 heterocycles. The van der Waals surface area contributed by atoms with Crippen molar-refractivity contribution in [3.8, 4) is 0 Å². The first-order valence-corrected chi connectivity index (χ1v) is 8.01. The molecule has 3 nitrogen and oxygen atoms in total. The second kappa shape index (κ2) is 5.54. The number of nitrogens with two attached hydrogens (primary N) is 1. The zero-order valence-corrected chi connectivity index (χ0v) is 12.9. The largest absolute Gasteiger partial charge is 0.347 e. The summed E-state index contributed by atoms with van der Waals surface area (Å²) < 4.78 is 0. The summed E-state index contributed by atoms with van der Waals surface area (Å²) in [6, 6.07) is 8.84. The maximum absolute atomic E-state index is 6.01. The standard InChI is InChI=1S/C16H21N3S/c1-11(17)15-12(2)18-16(20-15)19-9-7-13-5-3-4-6-14(13)8-10-19/h3-6,11H,7-10,17H2,1-2H3. The van der Waals surface area contributed by atoms with Gasteiger partial charge in [0.2, 0.25) is 0 Å². The van der Waals surface area contributed by atoms with E-state index in [2.05, 4.69) is 36.1 Å². The summed E-state index contributed by atoms with van der Waals surface area (Å²) in [6.45, 7) is 6.18. The molecule has 0 spiro atoms. The first kappa shape index (κ1) is 13.6. The predicted molar refractivity (Wildman–Crippen MR) is 85.5 cm³/mol. The first-order chi connectivity index (χ1) is 9.65. The van der Waals surface area contributed by atoms with E-state index in [0.717, 1.165) is 36.8 Å². The molecule has 1 aromatic carbocycles. The fraction of sp³-hybridized carbons (Fsp3) is 0.438. The van der Waals surface area contributed by atoms with E-state index in [-0.39, 0.29) is 6.04 Å². The number of hydrogen-bond acceptors (Lipinski definition) is 4. The summed E-state index contributed by atoms with van der Waals surface area (Å²) in [5, 5.41) is 1.13. The Morgan fingerprint density at radius 1 is 1.20 bits per heavy atom. The minimum atomic E-state index is 0.0745. The van der Waals surface area contributed by atoms with Gasteiger partial charge in [0.1, 0.15) is 0 Å². The third-order valence-corrected chi connectivity index (χ3v) is 5.34. The Morgan fingerprint density at radius 2 is 1.80 bits per heavy atom. The lowest BCUT2D eigenvalue weighted by Crippen LogP contribution is -2.25. The van der Waals surface area contributed by atoms with Gasteiger partial charge in [0.15, 0.2) is 5.13 Å². The highest BCUT2D eigenvalue weighted by molar-refractivity contribution is 7.15. The van der Waals surface area contributed by atoms with Crippen molar-refractivity contribution < 1.29 is 0 Å². The van der Waals surface area contributed by atoms with Gasteiger partial charge in [-0.25, -0.2) is 4.98 Å². The number of fused-ring (bicyclic) bond motifs is 1. The maximum atomic E-state index is 6.01. The Labute approximate surface area is 124 Å². The summed E-state index contributed by atoms with van der Waals surface area (Å²) in [5.74, 6) is 0. The minimum absolute atomic E-state index is 0.0745. The van der Waals surface area contributed by atoms with Gasteiger partial charge in [-0.05, 0) is 37.8 Å². The van der Waals surface area contributed by atoms with Crippen LogP contribution >= 0.6 is 11.3 Å². The Hall–Kier alpha value is -1.39. The molecule has 0 fully saturated rings. The van der Waals surface area contributed by atoms with Crippen molar-refractivity contribution in [3.05, 3.63) is 46.0 Å². The summed E-state index contributed by atoms with van der Waals surface area (Å²) >= 11 is 1.75. The molecule has 0 bridgehead atoms. The molecule has 20 heavy (non-hydrogen) atoms. The second-order valence-electron chi connectivity index (χ2n) is 5.49. The topological polar surface area (TPSA) is 42.2 Å². The molecule has 1 aliphatic heterocycles. The summed E-state index contributed by atoms with van der Waals surface area (Å²) in [6.07, 6.45) is 2.20. The van der Waals surface area contributed by atoms with Gasteiger partial charge in [-0.15, -0.1) is 11.3 Å². The molecule has 0 amide bonds. The van der Waals surface area contributed by atoms with Crippen LogP contribution in [0.5, 0.6) is 0 Å². The molecule has 2 N–H and O–H groups in total. The van der Waals surface area contributed by atoms with Crippen LogP contribution in [0.1, 0.15) is 34.7 Å². The van der Waals surface area contributed by atoms with E-state index in [1.165, 1.54) is 16.0 Å². The van der Waals surface area contributed by atoms with Gasteiger partial charge < -0.3 is 10.6 Å². The monoisotopic (exact) mass is 287 g/mol.